The summed E-state index contributed by atoms with van der Waals surface area (Å²) >= 11 is -1.96. The maximum atomic E-state index is 11.8. The van der Waals surface area contributed by atoms with E-state index in [0.29, 0.717) is 6.42 Å². The van der Waals surface area contributed by atoms with Crippen molar-refractivity contribution >= 4 is 77.5 Å². The molecule has 4 heteroatoms. The van der Waals surface area contributed by atoms with Crippen LogP contribution in [0.25, 0.3) is 0 Å². The van der Waals surface area contributed by atoms with E-state index in [1.807, 2.05) is 0 Å². The molecule has 0 N–H and O–H groups in total. The molecule has 0 aliphatic rings. The van der Waals surface area contributed by atoms with E-state index in [1.54, 1.807) is 0 Å². The van der Waals surface area contributed by atoms with Gasteiger partial charge in [0.2, 0.25) is 0 Å². The fraction of sp³-hybridized carbons (Fsp3) is 0.938. The van der Waals surface area contributed by atoms with Crippen LogP contribution in [0.2, 0.25) is 8.87 Å². The molecule has 0 fully saturated rings. The molecule has 116 valence electrons. The Labute approximate surface area is 176 Å². The van der Waals surface area contributed by atoms with E-state index in [0.717, 1.165) is 6.42 Å². The van der Waals surface area contributed by atoms with Crippen molar-refractivity contribution < 1.29 is 7.87 Å². The second-order valence-corrected chi connectivity index (χ2v) is 13.1. The quantitative estimate of drug-likeness (QED) is 0.324. The number of carbonyl (C=O) groups is 1. The Morgan fingerprint density at radius 3 is 1.80 bits per heavy atom. The summed E-state index contributed by atoms with van der Waals surface area (Å²) in [4.78, 5) is 11.8. The number of hydrogen-bond donors (Lipinski definition) is 0. The Bertz CT molecular complexity index is 205. The fourth-order valence-corrected chi connectivity index (χ4v) is 10.1. The van der Waals surface area contributed by atoms with E-state index in [2.05, 4.69) is 20.8 Å². The first-order valence-corrected chi connectivity index (χ1v) is 14.4. The molecule has 0 aromatic rings. The fourth-order valence-electron chi connectivity index (χ4n) is 2.24. The van der Waals surface area contributed by atoms with E-state index in [-0.39, 0.29) is 57.4 Å². The van der Waals surface area contributed by atoms with Crippen LogP contribution in [0.5, 0.6) is 0 Å². The number of unbranched alkanes of at least 4 members (excludes halogenated alkanes) is 6. The summed E-state index contributed by atoms with van der Waals surface area (Å²) in [5.74, 6) is 0.115. The monoisotopic (exact) mass is 418 g/mol. The van der Waals surface area contributed by atoms with Gasteiger partial charge in [-0.15, -0.1) is 0 Å². The molecular formula is C16H35KO2Sn. The van der Waals surface area contributed by atoms with Crippen molar-refractivity contribution in [3.05, 3.63) is 0 Å². The third-order valence-electron chi connectivity index (χ3n) is 3.54. The Morgan fingerprint density at radius 2 is 1.30 bits per heavy atom. The van der Waals surface area contributed by atoms with Crippen molar-refractivity contribution in [1.29, 1.82) is 0 Å². The summed E-state index contributed by atoms with van der Waals surface area (Å²) in [7, 11) is 0. The second-order valence-electron chi connectivity index (χ2n) is 5.56. The van der Waals surface area contributed by atoms with Crippen molar-refractivity contribution in [2.24, 2.45) is 0 Å². The number of carbonyl (C=O) groups excluding carboxylic acids is 1. The zero-order valence-corrected chi connectivity index (χ0v) is 16.7. The molecule has 0 saturated carbocycles. The summed E-state index contributed by atoms with van der Waals surface area (Å²) < 4.78 is 8.33. The van der Waals surface area contributed by atoms with Gasteiger partial charge in [0, 0.05) is 0 Å². The first-order chi connectivity index (χ1) is 9.24. The van der Waals surface area contributed by atoms with Crippen molar-refractivity contribution in [3.63, 3.8) is 0 Å². The van der Waals surface area contributed by atoms with Gasteiger partial charge < -0.3 is 0 Å². The predicted molar refractivity (Wildman–Crippen MR) is 93.2 cm³/mol. The number of hydrogen-bond acceptors (Lipinski definition) is 2. The van der Waals surface area contributed by atoms with Crippen LogP contribution in [0.4, 0.5) is 0 Å². The molecule has 20 heavy (non-hydrogen) atoms. The predicted octanol–water partition coefficient (Wildman–Crippen LogP) is 4.57. The van der Waals surface area contributed by atoms with Gasteiger partial charge in [-0.05, 0) is 0 Å². The molecule has 0 heterocycles. The van der Waals surface area contributed by atoms with E-state index >= 15 is 0 Å². The van der Waals surface area contributed by atoms with Gasteiger partial charge in [0.25, 0.3) is 0 Å². The van der Waals surface area contributed by atoms with Crippen LogP contribution < -0.4 is 0 Å². The van der Waals surface area contributed by atoms with Gasteiger partial charge in [0.05, 0.1) is 0 Å². The van der Waals surface area contributed by atoms with E-state index < -0.39 is 20.2 Å². The van der Waals surface area contributed by atoms with Gasteiger partial charge in [-0.3, -0.25) is 0 Å². The molecule has 0 radical (unpaired) electrons. The minimum atomic E-state index is -1.96. The van der Waals surface area contributed by atoms with E-state index in [1.165, 1.54) is 60.2 Å². The first-order valence-electron chi connectivity index (χ1n) is 8.44. The SMILES string of the molecule is CCCCCCCC(=O)[O][SnH]([CH2]CCC)[CH2]CCC.[KH]. The Balaban J connectivity index is 0. The molecule has 0 aromatic heterocycles. The molecule has 0 amide bonds. The molecule has 0 rings (SSSR count). The average Bonchev–Trinajstić information content (AvgIpc) is 2.41. The average molecular weight is 417 g/mol. The summed E-state index contributed by atoms with van der Waals surface area (Å²) in [6.07, 6.45) is 11.7. The van der Waals surface area contributed by atoms with Crippen LogP contribution in [0.3, 0.4) is 0 Å². The van der Waals surface area contributed by atoms with Crippen LogP contribution in [0, 0.1) is 0 Å². The van der Waals surface area contributed by atoms with Gasteiger partial charge in [0.15, 0.2) is 0 Å². The molecular weight excluding hydrogens is 382 g/mol. The first kappa shape index (κ1) is 24.2. The van der Waals surface area contributed by atoms with E-state index in [9.17, 15) is 4.79 Å². The molecule has 0 spiro atoms. The zero-order valence-electron chi connectivity index (χ0n) is 13.4. The molecule has 0 bridgehead atoms. The Morgan fingerprint density at radius 1 is 0.800 bits per heavy atom. The van der Waals surface area contributed by atoms with Crippen molar-refractivity contribution in [3.8, 4) is 0 Å². The minimum absolute atomic E-state index is 0. The summed E-state index contributed by atoms with van der Waals surface area (Å²) in [6.45, 7) is 6.66. The van der Waals surface area contributed by atoms with Crippen molar-refractivity contribution in [1.82, 2.24) is 0 Å². The number of rotatable bonds is 13. The second kappa shape index (κ2) is 19.0. The summed E-state index contributed by atoms with van der Waals surface area (Å²) in [6, 6.07) is 0. The van der Waals surface area contributed by atoms with Gasteiger partial charge in [-0.2, -0.15) is 0 Å². The zero-order chi connectivity index (χ0) is 14.3. The maximum absolute atomic E-state index is 11.8. The van der Waals surface area contributed by atoms with Gasteiger partial charge in [0.1, 0.15) is 0 Å². The van der Waals surface area contributed by atoms with Gasteiger partial charge in [-0.25, -0.2) is 0 Å². The van der Waals surface area contributed by atoms with Crippen LogP contribution in [0.15, 0.2) is 0 Å². The molecule has 0 aliphatic heterocycles. The topological polar surface area (TPSA) is 26.3 Å². The molecule has 0 saturated heterocycles. The third-order valence-corrected chi connectivity index (χ3v) is 11.2. The Kier molecular flexibility index (Phi) is 22.9. The molecule has 0 aromatic carbocycles. The van der Waals surface area contributed by atoms with Crippen LogP contribution in [-0.4, -0.2) is 77.5 Å². The van der Waals surface area contributed by atoms with Gasteiger partial charge >= 0.3 is 179 Å². The normalized spacial score (nSPS) is 10.4. The molecule has 0 unspecified atom stereocenters. The van der Waals surface area contributed by atoms with Crippen LogP contribution >= 0.6 is 0 Å². The summed E-state index contributed by atoms with van der Waals surface area (Å²) in [5.41, 5.74) is 0. The van der Waals surface area contributed by atoms with Crippen LogP contribution in [0.1, 0.15) is 85.0 Å². The molecule has 0 atom stereocenters. The Hall–Kier alpha value is 1.91. The third kappa shape index (κ3) is 16.3. The molecule has 2 nitrogen and oxygen atoms in total. The summed E-state index contributed by atoms with van der Waals surface area (Å²) in [5, 5.41) is 0. The molecule has 0 aliphatic carbocycles. The van der Waals surface area contributed by atoms with Crippen molar-refractivity contribution in [2.45, 2.75) is 93.9 Å². The standard InChI is InChI=1S/C8H16O2.2C4H9.K.Sn.2H/c1-2-3-4-5-6-7-8(9)10;2*1-3-4-2;;;;/h2-7H2,1H3,(H,9,10);2*1,3-4H2,2H3;;;;/q;;;;+1;;/p-1. The van der Waals surface area contributed by atoms with E-state index in [4.69, 9.17) is 3.07 Å². The van der Waals surface area contributed by atoms with Crippen molar-refractivity contribution in [2.75, 3.05) is 0 Å². The van der Waals surface area contributed by atoms with Gasteiger partial charge in [-0.1, -0.05) is 0 Å². The van der Waals surface area contributed by atoms with Crippen LogP contribution in [-0.2, 0) is 7.87 Å².